The number of hydrogen-bond acceptors (Lipinski definition) is 4. The van der Waals surface area contributed by atoms with E-state index in [1.807, 2.05) is 19.1 Å². The average molecular weight is 620 g/mol. The van der Waals surface area contributed by atoms with Gasteiger partial charge in [-0.3, -0.25) is 14.6 Å². The lowest BCUT2D eigenvalue weighted by Gasteiger charge is -2.18. The van der Waals surface area contributed by atoms with E-state index in [1.165, 1.54) is 0 Å². The fraction of sp³-hybridized carbons (Fsp3) is 0.200. The number of aliphatic carboxylic acids is 1. The van der Waals surface area contributed by atoms with Crippen molar-refractivity contribution >= 4 is 40.3 Å². The van der Waals surface area contributed by atoms with Crippen molar-refractivity contribution in [1.82, 2.24) is 15.6 Å². The number of aromatic nitrogens is 1. The minimum absolute atomic E-state index is 0.301. The first-order chi connectivity index (χ1) is 20.2. The minimum Gasteiger partial charge on any atom is -0.480 e. The van der Waals surface area contributed by atoms with Crippen molar-refractivity contribution in [3.8, 4) is 11.1 Å². The number of fused-ring (bicyclic) bond motifs is 1. The minimum atomic E-state index is -4.80. The smallest absolute Gasteiger partial charge is 0.408 e. The van der Waals surface area contributed by atoms with Gasteiger partial charge in [-0.1, -0.05) is 41.9 Å². The zero-order chi connectivity index (χ0) is 31.6. The van der Waals surface area contributed by atoms with Crippen LogP contribution in [0.25, 0.3) is 22.0 Å². The van der Waals surface area contributed by atoms with Gasteiger partial charge >= 0.3 is 12.1 Å². The quantitative estimate of drug-likeness (QED) is 0.202. The van der Waals surface area contributed by atoms with Gasteiger partial charge < -0.3 is 15.7 Å². The number of rotatable bonds is 8. The molecule has 224 valence electrons. The molecule has 0 bridgehead atoms. The Balaban J connectivity index is 1.60. The number of nitrogens with zero attached hydrogens (tertiary/aromatic N) is 1. The molecule has 1 aromatic heterocycles. The Labute approximate surface area is 246 Å². The second-order valence-corrected chi connectivity index (χ2v) is 10.2. The maximum atomic E-state index is 14.8. The summed E-state index contributed by atoms with van der Waals surface area (Å²) in [6.07, 6.45) is -3.55. The highest BCUT2D eigenvalue weighted by molar-refractivity contribution is 6.33. The van der Waals surface area contributed by atoms with Gasteiger partial charge in [0.15, 0.2) is 0 Å². The van der Waals surface area contributed by atoms with Crippen LogP contribution in [0.2, 0.25) is 5.02 Å². The molecule has 7 nitrogen and oxygen atoms in total. The molecule has 0 aliphatic rings. The molecule has 4 aromatic rings. The summed E-state index contributed by atoms with van der Waals surface area (Å²) < 4.78 is 67.8. The number of pyridine rings is 1. The molecule has 0 saturated carbocycles. The molecule has 0 aliphatic heterocycles. The number of benzene rings is 3. The lowest BCUT2D eigenvalue weighted by Crippen LogP contribution is -2.43. The van der Waals surface area contributed by atoms with Crippen LogP contribution in [0, 0.1) is 18.6 Å². The van der Waals surface area contributed by atoms with Crippen LogP contribution in [-0.4, -0.2) is 46.1 Å². The third-order valence-electron chi connectivity index (χ3n) is 6.67. The standard InChI is InChI=1S/C30H23ClF5N3O4/c1-14-5-7-19(21(31)10-14)20-8-6-16(18-4-3-9-37-26(18)20)13-24(29(42)43)39-28(41)25-22(32)11-17(12-23(25)33)27(40)38-15(2)30(34,35)36/h3-12,15,24H,13H2,1-2H3,(H,38,40)(H,39,41)(H,42,43)/t15-,24+/m1/s1. The van der Waals surface area contributed by atoms with Crippen LogP contribution in [0.5, 0.6) is 0 Å². The van der Waals surface area contributed by atoms with Gasteiger partial charge in [-0.25, -0.2) is 13.6 Å². The number of carboxylic acid groups (broad SMARTS) is 1. The van der Waals surface area contributed by atoms with Gasteiger partial charge in [-0.2, -0.15) is 13.2 Å². The van der Waals surface area contributed by atoms with Crippen molar-refractivity contribution in [1.29, 1.82) is 0 Å². The van der Waals surface area contributed by atoms with E-state index in [-0.39, 0.29) is 6.42 Å². The van der Waals surface area contributed by atoms with Gasteiger partial charge in [0.1, 0.15) is 29.3 Å². The second kappa shape index (κ2) is 12.3. The van der Waals surface area contributed by atoms with Crippen molar-refractivity contribution < 1.29 is 41.4 Å². The Morgan fingerprint density at radius 3 is 2.21 bits per heavy atom. The molecular formula is C30H23ClF5N3O4. The fourth-order valence-electron chi connectivity index (χ4n) is 4.40. The number of alkyl halides is 3. The molecule has 3 N–H and O–H groups in total. The van der Waals surface area contributed by atoms with Crippen LogP contribution in [0.1, 0.15) is 38.8 Å². The van der Waals surface area contributed by atoms with E-state index in [0.717, 1.165) is 5.56 Å². The average Bonchev–Trinajstić information content (AvgIpc) is 2.92. The Bertz CT molecular complexity index is 1720. The lowest BCUT2D eigenvalue weighted by atomic mass is 9.94. The fourth-order valence-corrected chi connectivity index (χ4v) is 4.74. The van der Waals surface area contributed by atoms with Crippen molar-refractivity contribution in [3.63, 3.8) is 0 Å². The van der Waals surface area contributed by atoms with E-state index in [0.29, 0.717) is 51.7 Å². The summed E-state index contributed by atoms with van der Waals surface area (Å²) >= 11 is 6.46. The molecule has 0 aliphatic carbocycles. The normalized spacial score (nSPS) is 12.9. The summed E-state index contributed by atoms with van der Waals surface area (Å²) in [4.78, 5) is 41.4. The number of nitrogens with one attached hydrogen (secondary N) is 2. The summed E-state index contributed by atoms with van der Waals surface area (Å²) in [5.74, 6) is -7.51. The predicted octanol–water partition coefficient (Wildman–Crippen LogP) is 6.25. The molecule has 4 rings (SSSR count). The molecule has 2 atom stereocenters. The zero-order valence-corrected chi connectivity index (χ0v) is 23.3. The van der Waals surface area contributed by atoms with E-state index in [4.69, 9.17) is 11.6 Å². The molecular weight excluding hydrogens is 597 g/mol. The summed E-state index contributed by atoms with van der Waals surface area (Å²) in [5.41, 5.74) is 1.28. The molecule has 43 heavy (non-hydrogen) atoms. The van der Waals surface area contributed by atoms with Crippen LogP contribution < -0.4 is 10.6 Å². The second-order valence-electron chi connectivity index (χ2n) is 9.78. The maximum Gasteiger partial charge on any atom is 0.408 e. The third kappa shape index (κ3) is 6.91. The van der Waals surface area contributed by atoms with Crippen molar-refractivity contribution in [3.05, 3.63) is 99.7 Å². The Morgan fingerprint density at radius 2 is 1.60 bits per heavy atom. The van der Waals surface area contributed by atoms with Crippen LogP contribution in [0.4, 0.5) is 22.0 Å². The number of halogens is 6. The van der Waals surface area contributed by atoms with Crippen molar-refractivity contribution in [2.45, 2.75) is 38.5 Å². The number of hydrogen-bond donors (Lipinski definition) is 3. The molecule has 0 unspecified atom stereocenters. The third-order valence-corrected chi connectivity index (χ3v) is 6.98. The maximum absolute atomic E-state index is 14.8. The Kier molecular flexibility index (Phi) is 9.00. The highest BCUT2D eigenvalue weighted by Gasteiger charge is 2.37. The number of carboxylic acids is 1. The Hall–Kier alpha value is -4.58. The monoisotopic (exact) mass is 619 g/mol. The lowest BCUT2D eigenvalue weighted by molar-refractivity contribution is -0.149. The largest absolute Gasteiger partial charge is 0.480 e. The Morgan fingerprint density at radius 1 is 0.953 bits per heavy atom. The van der Waals surface area contributed by atoms with Gasteiger partial charge in [0.25, 0.3) is 11.8 Å². The first-order valence-electron chi connectivity index (χ1n) is 12.7. The number of carbonyl (C=O) groups excluding carboxylic acids is 2. The van der Waals surface area contributed by atoms with Crippen LogP contribution in [-0.2, 0) is 11.2 Å². The molecule has 1 heterocycles. The van der Waals surface area contributed by atoms with Gasteiger partial charge in [0, 0.05) is 39.7 Å². The van der Waals surface area contributed by atoms with E-state index < -0.39 is 58.8 Å². The molecule has 2 amide bonds. The van der Waals surface area contributed by atoms with E-state index in [2.05, 4.69) is 10.3 Å². The molecule has 0 spiro atoms. The highest BCUT2D eigenvalue weighted by Crippen LogP contribution is 2.35. The van der Waals surface area contributed by atoms with Gasteiger partial charge in [-0.15, -0.1) is 0 Å². The summed E-state index contributed by atoms with van der Waals surface area (Å²) in [6, 6.07) is 8.98. The van der Waals surface area contributed by atoms with Gasteiger partial charge in [0.2, 0.25) is 0 Å². The SMILES string of the molecule is Cc1ccc(-c2ccc(C[C@H](NC(=O)c3c(F)cc(C(=O)N[C@H](C)C(F)(F)F)cc3F)C(=O)O)c3cccnc23)c(Cl)c1. The summed E-state index contributed by atoms with van der Waals surface area (Å²) in [5, 5.41) is 14.5. The highest BCUT2D eigenvalue weighted by atomic mass is 35.5. The first kappa shape index (κ1) is 31.4. The summed E-state index contributed by atoms with van der Waals surface area (Å²) in [7, 11) is 0. The van der Waals surface area contributed by atoms with E-state index >= 15 is 0 Å². The van der Waals surface area contributed by atoms with Crippen LogP contribution in [0.15, 0.2) is 60.8 Å². The zero-order valence-electron chi connectivity index (χ0n) is 22.5. The number of aryl methyl sites for hydroxylation is 1. The molecule has 0 radical (unpaired) electrons. The first-order valence-corrected chi connectivity index (χ1v) is 13.1. The number of carbonyl (C=O) groups is 3. The van der Waals surface area contributed by atoms with Gasteiger partial charge in [-0.05, 0) is 49.2 Å². The molecule has 3 aromatic carbocycles. The van der Waals surface area contributed by atoms with Crippen LogP contribution in [0.3, 0.4) is 0 Å². The van der Waals surface area contributed by atoms with Crippen molar-refractivity contribution in [2.24, 2.45) is 0 Å². The topological polar surface area (TPSA) is 108 Å². The van der Waals surface area contributed by atoms with Crippen LogP contribution >= 0.6 is 11.6 Å². The predicted molar refractivity (Wildman–Crippen MR) is 149 cm³/mol. The number of amides is 2. The van der Waals surface area contributed by atoms with E-state index in [1.54, 1.807) is 41.8 Å². The van der Waals surface area contributed by atoms with Gasteiger partial charge in [0.05, 0.1) is 5.52 Å². The molecule has 0 fully saturated rings. The van der Waals surface area contributed by atoms with Crippen molar-refractivity contribution in [2.75, 3.05) is 0 Å². The molecule has 13 heteroatoms. The van der Waals surface area contributed by atoms with E-state index in [9.17, 15) is 41.4 Å². The molecule has 0 saturated heterocycles. The summed E-state index contributed by atoms with van der Waals surface area (Å²) in [6.45, 7) is 2.53.